The SMILES string of the molecule is CC(CO)C(C)NCc1ccc([N+](=O)[O-])o1. The minimum absolute atomic E-state index is 0.104. The van der Waals surface area contributed by atoms with Crippen molar-refractivity contribution in [3.8, 4) is 0 Å². The Morgan fingerprint density at radius 3 is 2.75 bits per heavy atom. The Morgan fingerprint density at radius 1 is 1.56 bits per heavy atom. The first-order chi connectivity index (χ1) is 7.54. The minimum Gasteiger partial charge on any atom is -0.404 e. The highest BCUT2D eigenvalue weighted by molar-refractivity contribution is 5.17. The average Bonchev–Trinajstić information content (AvgIpc) is 2.73. The van der Waals surface area contributed by atoms with Crippen LogP contribution in [0.15, 0.2) is 16.5 Å². The van der Waals surface area contributed by atoms with Crippen LogP contribution in [0.25, 0.3) is 0 Å². The largest absolute Gasteiger partial charge is 0.433 e. The second-order valence-electron chi connectivity index (χ2n) is 3.83. The summed E-state index contributed by atoms with van der Waals surface area (Å²) in [6.07, 6.45) is 0. The molecule has 0 bridgehead atoms. The van der Waals surface area contributed by atoms with E-state index in [-0.39, 0.29) is 24.5 Å². The molecule has 0 aromatic carbocycles. The molecule has 0 amide bonds. The van der Waals surface area contributed by atoms with E-state index in [0.717, 1.165) is 0 Å². The van der Waals surface area contributed by atoms with Gasteiger partial charge in [0.05, 0.1) is 12.6 Å². The first kappa shape index (κ1) is 12.7. The second-order valence-corrected chi connectivity index (χ2v) is 3.83. The first-order valence-electron chi connectivity index (χ1n) is 5.12. The van der Waals surface area contributed by atoms with E-state index in [9.17, 15) is 10.1 Å². The predicted molar refractivity (Wildman–Crippen MR) is 57.9 cm³/mol. The van der Waals surface area contributed by atoms with Gasteiger partial charge in [-0.25, -0.2) is 0 Å². The molecule has 0 spiro atoms. The van der Waals surface area contributed by atoms with Crippen molar-refractivity contribution < 1.29 is 14.4 Å². The number of aliphatic hydroxyl groups excluding tert-OH is 1. The minimum atomic E-state index is -0.566. The fraction of sp³-hybridized carbons (Fsp3) is 0.600. The van der Waals surface area contributed by atoms with Crippen LogP contribution in [0.3, 0.4) is 0 Å². The highest BCUT2D eigenvalue weighted by Crippen LogP contribution is 2.15. The Bertz CT molecular complexity index is 350. The number of hydrogen-bond donors (Lipinski definition) is 2. The van der Waals surface area contributed by atoms with Crippen molar-refractivity contribution >= 4 is 5.88 Å². The first-order valence-corrected chi connectivity index (χ1v) is 5.12. The molecule has 1 heterocycles. The maximum absolute atomic E-state index is 10.4. The molecular weight excluding hydrogens is 212 g/mol. The lowest BCUT2D eigenvalue weighted by molar-refractivity contribution is -0.402. The summed E-state index contributed by atoms with van der Waals surface area (Å²) >= 11 is 0. The van der Waals surface area contributed by atoms with E-state index in [4.69, 9.17) is 9.52 Å². The molecule has 0 fully saturated rings. The smallest absolute Gasteiger partial charge is 0.404 e. The number of rotatable bonds is 6. The Labute approximate surface area is 93.4 Å². The zero-order valence-electron chi connectivity index (χ0n) is 9.34. The van der Waals surface area contributed by atoms with E-state index < -0.39 is 4.92 Å². The van der Waals surface area contributed by atoms with Crippen molar-refractivity contribution in [1.82, 2.24) is 5.32 Å². The second kappa shape index (κ2) is 5.62. The van der Waals surface area contributed by atoms with Gasteiger partial charge in [0.2, 0.25) is 0 Å². The van der Waals surface area contributed by atoms with Gasteiger partial charge >= 0.3 is 5.88 Å². The third-order valence-corrected chi connectivity index (χ3v) is 2.57. The fourth-order valence-electron chi connectivity index (χ4n) is 1.18. The summed E-state index contributed by atoms with van der Waals surface area (Å²) < 4.78 is 4.98. The van der Waals surface area contributed by atoms with Crippen LogP contribution in [0, 0.1) is 16.0 Å². The van der Waals surface area contributed by atoms with E-state index in [1.54, 1.807) is 6.07 Å². The Kier molecular flexibility index (Phi) is 4.45. The lowest BCUT2D eigenvalue weighted by atomic mass is 10.1. The third kappa shape index (κ3) is 3.32. The Hall–Kier alpha value is -1.40. The van der Waals surface area contributed by atoms with Gasteiger partial charge in [0.25, 0.3) is 0 Å². The van der Waals surface area contributed by atoms with E-state index >= 15 is 0 Å². The lowest BCUT2D eigenvalue weighted by Crippen LogP contribution is -2.33. The van der Waals surface area contributed by atoms with Gasteiger partial charge in [0, 0.05) is 12.6 Å². The molecule has 90 valence electrons. The zero-order chi connectivity index (χ0) is 12.1. The topological polar surface area (TPSA) is 88.5 Å². The lowest BCUT2D eigenvalue weighted by Gasteiger charge is -2.18. The summed E-state index contributed by atoms with van der Waals surface area (Å²) in [6, 6.07) is 3.02. The number of nitro groups is 1. The molecule has 1 aromatic rings. The molecule has 16 heavy (non-hydrogen) atoms. The molecule has 1 rings (SSSR count). The summed E-state index contributed by atoms with van der Waals surface area (Å²) in [5, 5.41) is 22.4. The molecule has 0 aliphatic rings. The van der Waals surface area contributed by atoms with Gasteiger partial charge in [-0.2, -0.15) is 0 Å². The van der Waals surface area contributed by atoms with Gasteiger partial charge in [-0.05, 0) is 18.9 Å². The van der Waals surface area contributed by atoms with Crippen molar-refractivity contribution in [3.05, 3.63) is 28.0 Å². The molecule has 0 saturated heterocycles. The maximum atomic E-state index is 10.4. The Balaban J connectivity index is 2.45. The van der Waals surface area contributed by atoms with E-state index in [1.165, 1.54) is 6.07 Å². The van der Waals surface area contributed by atoms with Crippen LogP contribution in [0.1, 0.15) is 19.6 Å². The quantitative estimate of drug-likeness (QED) is 0.565. The van der Waals surface area contributed by atoms with Crippen molar-refractivity contribution in [2.45, 2.75) is 26.4 Å². The summed E-state index contributed by atoms with van der Waals surface area (Å²) in [6.45, 7) is 4.38. The predicted octanol–water partition coefficient (Wildman–Crippen LogP) is 1.29. The van der Waals surface area contributed by atoms with Crippen LogP contribution in [-0.2, 0) is 6.54 Å². The number of hydrogen-bond acceptors (Lipinski definition) is 5. The monoisotopic (exact) mass is 228 g/mol. The molecule has 2 unspecified atom stereocenters. The zero-order valence-corrected chi connectivity index (χ0v) is 9.34. The maximum Gasteiger partial charge on any atom is 0.433 e. The number of furan rings is 1. The van der Waals surface area contributed by atoms with Crippen molar-refractivity contribution in [2.75, 3.05) is 6.61 Å². The molecule has 0 aliphatic heterocycles. The highest BCUT2D eigenvalue weighted by atomic mass is 16.6. The van der Waals surface area contributed by atoms with Crippen LogP contribution in [-0.4, -0.2) is 22.7 Å². The molecule has 6 nitrogen and oxygen atoms in total. The highest BCUT2D eigenvalue weighted by Gasteiger charge is 2.14. The number of aliphatic hydroxyl groups is 1. The van der Waals surface area contributed by atoms with Gasteiger partial charge < -0.3 is 14.8 Å². The summed E-state index contributed by atoms with van der Waals surface area (Å²) in [5.74, 6) is 0.397. The van der Waals surface area contributed by atoms with Crippen molar-refractivity contribution in [3.63, 3.8) is 0 Å². The summed E-state index contributed by atoms with van der Waals surface area (Å²) in [5.41, 5.74) is 0. The van der Waals surface area contributed by atoms with Crippen LogP contribution in [0.2, 0.25) is 0 Å². The van der Waals surface area contributed by atoms with Crippen LogP contribution < -0.4 is 5.32 Å². The molecule has 2 atom stereocenters. The van der Waals surface area contributed by atoms with Crippen LogP contribution >= 0.6 is 0 Å². The molecule has 1 aromatic heterocycles. The third-order valence-electron chi connectivity index (χ3n) is 2.57. The normalized spacial score (nSPS) is 14.7. The van der Waals surface area contributed by atoms with E-state index in [0.29, 0.717) is 12.3 Å². The van der Waals surface area contributed by atoms with Crippen LogP contribution in [0.5, 0.6) is 0 Å². The molecule has 6 heteroatoms. The van der Waals surface area contributed by atoms with Crippen LogP contribution in [0.4, 0.5) is 5.88 Å². The van der Waals surface area contributed by atoms with Gasteiger partial charge in [-0.3, -0.25) is 10.1 Å². The molecule has 0 aliphatic carbocycles. The molecular formula is C10H16N2O4. The number of nitrogens with zero attached hydrogens (tertiary/aromatic N) is 1. The van der Waals surface area contributed by atoms with Gasteiger partial charge in [0.1, 0.15) is 10.7 Å². The van der Waals surface area contributed by atoms with Gasteiger partial charge in [-0.1, -0.05) is 6.92 Å². The summed E-state index contributed by atoms with van der Waals surface area (Å²) in [4.78, 5) is 9.80. The molecule has 2 N–H and O–H groups in total. The fourth-order valence-corrected chi connectivity index (χ4v) is 1.18. The van der Waals surface area contributed by atoms with Gasteiger partial charge in [0.15, 0.2) is 0 Å². The van der Waals surface area contributed by atoms with Crippen molar-refractivity contribution in [2.24, 2.45) is 5.92 Å². The van der Waals surface area contributed by atoms with Gasteiger partial charge in [-0.15, -0.1) is 0 Å². The molecule has 0 saturated carbocycles. The van der Waals surface area contributed by atoms with Crippen molar-refractivity contribution in [1.29, 1.82) is 0 Å². The van der Waals surface area contributed by atoms with E-state index in [2.05, 4.69) is 5.32 Å². The number of nitrogens with one attached hydrogen (secondary N) is 1. The molecule has 0 radical (unpaired) electrons. The van der Waals surface area contributed by atoms with E-state index in [1.807, 2.05) is 13.8 Å². The summed E-state index contributed by atoms with van der Waals surface area (Å²) in [7, 11) is 0. The average molecular weight is 228 g/mol. The standard InChI is InChI=1S/C10H16N2O4/c1-7(6-13)8(2)11-5-9-3-4-10(16-9)12(14)15/h3-4,7-8,11,13H,5-6H2,1-2H3. The Morgan fingerprint density at radius 2 is 2.25 bits per heavy atom.